The third-order valence-corrected chi connectivity index (χ3v) is 9.15. The largest absolute Gasteiger partial charge is 0.423 e. The van der Waals surface area contributed by atoms with Crippen molar-refractivity contribution >= 4 is 64.2 Å². The summed E-state index contributed by atoms with van der Waals surface area (Å²) in [5.41, 5.74) is 0.532. The highest BCUT2D eigenvalue weighted by Gasteiger charge is 2.71. The molecule has 3 aromatic carbocycles. The smallest absolute Gasteiger partial charge is 0.339 e. The van der Waals surface area contributed by atoms with Gasteiger partial charge in [0.25, 0.3) is 0 Å². The van der Waals surface area contributed by atoms with Crippen molar-refractivity contribution < 1.29 is 28.7 Å². The highest BCUT2D eigenvalue weighted by molar-refractivity contribution is 6.37. The summed E-state index contributed by atoms with van der Waals surface area (Å²) in [6, 6.07) is 21.3. The van der Waals surface area contributed by atoms with Crippen molar-refractivity contribution in [2.24, 2.45) is 35.5 Å². The number of benzene rings is 3. The van der Waals surface area contributed by atoms with Crippen molar-refractivity contribution in [3.8, 4) is 5.75 Å². The Morgan fingerprint density at radius 3 is 1.51 bits per heavy atom. The molecule has 4 atom stereocenters. The van der Waals surface area contributed by atoms with Crippen molar-refractivity contribution in [2.75, 3.05) is 9.80 Å². The van der Waals surface area contributed by atoms with Crippen LogP contribution in [0.2, 0.25) is 10.0 Å². The minimum Gasteiger partial charge on any atom is -0.423 e. The van der Waals surface area contributed by atoms with Crippen molar-refractivity contribution in [3.05, 3.63) is 101 Å². The molecule has 8 nitrogen and oxygen atoms in total. The van der Waals surface area contributed by atoms with Crippen molar-refractivity contribution in [1.82, 2.24) is 0 Å². The molecule has 41 heavy (non-hydrogen) atoms. The zero-order valence-corrected chi connectivity index (χ0v) is 22.7. The fourth-order valence-corrected chi connectivity index (χ4v) is 7.39. The van der Waals surface area contributed by atoms with Crippen LogP contribution in [0.15, 0.2) is 90.5 Å². The lowest BCUT2D eigenvalue weighted by Gasteiger charge is -2.46. The summed E-state index contributed by atoms with van der Waals surface area (Å²) >= 11 is 12.7. The van der Waals surface area contributed by atoms with Crippen LogP contribution < -0.4 is 14.5 Å². The first kappa shape index (κ1) is 25.7. The number of halogens is 2. The quantitative estimate of drug-likeness (QED) is 0.249. The molecule has 4 amide bonds. The number of carbonyl (C=O) groups is 5. The zero-order valence-electron chi connectivity index (χ0n) is 21.1. The lowest BCUT2D eigenvalue weighted by Crippen LogP contribution is -2.53. The van der Waals surface area contributed by atoms with Gasteiger partial charge in [-0.3, -0.25) is 19.2 Å². The number of esters is 1. The predicted molar refractivity (Wildman–Crippen MR) is 149 cm³/mol. The van der Waals surface area contributed by atoms with Crippen LogP contribution in [0.4, 0.5) is 11.4 Å². The Kier molecular flexibility index (Phi) is 5.88. The molecule has 204 valence electrons. The van der Waals surface area contributed by atoms with Crippen molar-refractivity contribution in [2.45, 2.75) is 0 Å². The van der Waals surface area contributed by atoms with Gasteiger partial charge >= 0.3 is 5.97 Å². The molecule has 0 radical (unpaired) electrons. The number of para-hydroxylation sites is 3. The molecule has 2 aliphatic heterocycles. The van der Waals surface area contributed by atoms with E-state index in [1.807, 2.05) is 0 Å². The topological polar surface area (TPSA) is 101 Å². The fourth-order valence-electron chi connectivity index (χ4n) is 6.95. The van der Waals surface area contributed by atoms with Crippen LogP contribution in [0.5, 0.6) is 5.75 Å². The van der Waals surface area contributed by atoms with Crippen LogP contribution >= 0.6 is 23.2 Å². The normalized spacial score (nSPS) is 28.1. The van der Waals surface area contributed by atoms with Gasteiger partial charge in [0.05, 0.1) is 45.1 Å². The number of nitrogens with zero attached hydrogens (tertiary/aromatic N) is 2. The first-order valence-corrected chi connectivity index (χ1v) is 13.8. The number of amides is 4. The van der Waals surface area contributed by atoms with Gasteiger partial charge in [0.15, 0.2) is 0 Å². The van der Waals surface area contributed by atoms with E-state index < -0.39 is 65.1 Å². The Balaban J connectivity index is 1.35. The maximum absolute atomic E-state index is 14.0. The lowest BCUT2D eigenvalue weighted by atomic mass is 9.52. The number of ether oxygens (including phenoxy) is 1. The summed E-state index contributed by atoms with van der Waals surface area (Å²) in [5, 5.41) is 0.406. The van der Waals surface area contributed by atoms with Crippen LogP contribution in [0.25, 0.3) is 0 Å². The average Bonchev–Trinajstić information content (AvgIpc) is 3.40. The molecule has 2 saturated heterocycles. The van der Waals surface area contributed by atoms with E-state index in [-0.39, 0.29) is 32.7 Å². The summed E-state index contributed by atoms with van der Waals surface area (Å²) < 4.78 is 5.62. The Morgan fingerprint density at radius 2 is 1.02 bits per heavy atom. The maximum atomic E-state index is 14.0. The Bertz CT molecular complexity index is 1620. The first-order chi connectivity index (χ1) is 19.8. The van der Waals surface area contributed by atoms with Crippen LogP contribution in [-0.2, 0) is 24.0 Å². The first-order valence-electron chi connectivity index (χ1n) is 13.0. The SMILES string of the molecule is O=C(Oc1ccccc1)C1=CC2C3C(=O)N(c4ccccc4Cl)C(=O)C3C1C1C(=O)N(c3ccccc3Cl)C(=O)C21. The summed E-state index contributed by atoms with van der Waals surface area (Å²) in [4.78, 5) is 71.5. The molecule has 4 unspecified atom stereocenters. The lowest BCUT2D eigenvalue weighted by molar-refractivity contribution is -0.142. The number of imide groups is 2. The van der Waals surface area contributed by atoms with Gasteiger partial charge in [-0.05, 0) is 36.4 Å². The summed E-state index contributed by atoms with van der Waals surface area (Å²) in [7, 11) is 0. The molecule has 8 rings (SSSR count). The van der Waals surface area contributed by atoms with Crippen LogP contribution in [0.1, 0.15) is 0 Å². The number of carbonyl (C=O) groups excluding carboxylic acids is 5. The van der Waals surface area contributed by atoms with Gasteiger partial charge in [-0.15, -0.1) is 0 Å². The molecule has 0 spiro atoms. The van der Waals surface area contributed by atoms with Gasteiger partial charge in [-0.2, -0.15) is 0 Å². The molecule has 3 aliphatic carbocycles. The number of rotatable bonds is 4. The Labute approximate surface area is 244 Å². The molecule has 3 fully saturated rings. The average molecular weight is 587 g/mol. The number of anilines is 2. The van der Waals surface area contributed by atoms with E-state index in [0.717, 1.165) is 9.80 Å². The second-order valence-electron chi connectivity index (χ2n) is 10.5. The van der Waals surface area contributed by atoms with E-state index in [1.165, 1.54) is 0 Å². The summed E-state index contributed by atoms with van der Waals surface area (Å²) in [6.07, 6.45) is 1.56. The van der Waals surface area contributed by atoms with Gasteiger partial charge in [0.1, 0.15) is 5.75 Å². The Morgan fingerprint density at radius 1 is 0.585 bits per heavy atom. The number of allylic oxidation sites excluding steroid dienone is 1. The van der Waals surface area contributed by atoms with Crippen LogP contribution in [0.3, 0.4) is 0 Å². The monoisotopic (exact) mass is 586 g/mol. The van der Waals surface area contributed by atoms with Crippen molar-refractivity contribution in [3.63, 3.8) is 0 Å². The second kappa shape index (κ2) is 9.39. The maximum Gasteiger partial charge on any atom is 0.339 e. The van der Waals surface area contributed by atoms with E-state index in [9.17, 15) is 24.0 Å². The standard InChI is InChI=1S/C31H20Cl2N2O6/c32-18-10-4-6-12-20(18)34-27(36)23-16-14-17(31(40)41-15-8-2-1-3-9-15)22(25(23)29(34)38)26-24(16)28(37)35(30(26)39)21-13-7-5-11-19(21)33/h1-14,16,22-26H. The third-order valence-electron chi connectivity index (χ3n) is 8.51. The molecular weight excluding hydrogens is 567 g/mol. The minimum atomic E-state index is -1.07. The molecule has 5 aliphatic rings. The van der Waals surface area contributed by atoms with E-state index in [1.54, 1.807) is 84.9 Å². The second-order valence-corrected chi connectivity index (χ2v) is 11.3. The van der Waals surface area contributed by atoms with Gasteiger partial charge in [-0.25, -0.2) is 14.6 Å². The minimum absolute atomic E-state index is 0.102. The molecule has 10 heteroatoms. The van der Waals surface area contributed by atoms with E-state index in [0.29, 0.717) is 0 Å². The highest BCUT2D eigenvalue weighted by atomic mass is 35.5. The van der Waals surface area contributed by atoms with Crippen LogP contribution in [0, 0.1) is 35.5 Å². The van der Waals surface area contributed by atoms with Crippen LogP contribution in [-0.4, -0.2) is 29.6 Å². The van der Waals surface area contributed by atoms with E-state index in [4.69, 9.17) is 27.9 Å². The summed E-state index contributed by atoms with van der Waals surface area (Å²) in [5.74, 6) is -8.65. The molecule has 0 aromatic heterocycles. The number of hydrogen-bond acceptors (Lipinski definition) is 6. The van der Waals surface area contributed by atoms with Gasteiger partial charge in [0.2, 0.25) is 23.6 Å². The zero-order chi connectivity index (χ0) is 28.6. The van der Waals surface area contributed by atoms with Gasteiger partial charge in [-0.1, -0.05) is 71.7 Å². The number of hydrogen-bond donors (Lipinski definition) is 0. The van der Waals surface area contributed by atoms with Crippen molar-refractivity contribution in [1.29, 1.82) is 0 Å². The Hall–Kier alpha value is -4.27. The van der Waals surface area contributed by atoms with Gasteiger partial charge in [0, 0.05) is 17.4 Å². The molecule has 0 N–H and O–H groups in total. The molecule has 3 aromatic rings. The summed E-state index contributed by atoms with van der Waals surface area (Å²) in [6.45, 7) is 0. The van der Waals surface area contributed by atoms with Gasteiger partial charge < -0.3 is 4.74 Å². The molecular formula is C31H20Cl2N2O6. The molecule has 2 bridgehead atoms. The van der Waals surface area contributed by atoms with E-state index in [2.05, 4.69) is 0 Å². The highest BCUT2D eigenvalue weighted by Crippen LogP contribution is 2.61. The van der Waals surface area contributed by atoms with E-state index >= 15 is 0 Å². The molecule has 1 saturated carbocycles. The predicted octanol–water partition coefficient (Wildman–Crippen LogP) is 4.70. The fraction of sp³-hybridized carbons (Fsp3) is 0.194. The molecule has 2 heterocycles. The third kappa shape index (κ3) is 3.64.